The molecule has 0 saturated heterocycles. The van der Waals surface area contributed by atoms with Crippen LogP contribution in [0.5, 0.6) is 0 Å². The summed E-state index contributed by atoms with van der Waals surface area (Å²) in [5.41, 5.74) is 0.345. The summed E-state index contributed by atoms with van der Waals surface area (Å²) in [5.74, 6) is 0.104. The topological polar surface area (TPSA) is 61.1 Å². The molecule has 1 N–H and O–H groups in total. The molecular weight excluding hydrogens is 161 g/mol. The molecule has 0 aliphatic carbocycles. The van der Waals surface area contributed by atoms with E-state index in [1.807, 2.05) is 0 Å². The molecule has 52 valence electrons. The van der Waals surface area contributed by atoms with Gasteiger partial charge in [0.2, 0.25) is 0 Å². The Kier molecular flexibility index (Phi) is 9.66. The maximum absolute atomic E-state index is 9.98. The predicted molar refractivity (Wildman–Crippen MR) is 42.2 cm³/mol. The van der Waals surface area contributed by atoms with E-state index in [9.17, 15) is 4.21 Å². The summed E-state index contributed by atoms with van der Waals surface area (Å²) in [5, 5.41) is 8.12. The van der Waals surface area contributed by atoms with E-state index in [0.29, 0.717) is 12.0 Å². The van der Waals surface area contributed by atoms with Gasteiger partial charge in [-0.3, -0.25) is 0 Å². The Labute approximate surface area is 84.7 Å². The normalized spacial score (nSPS) is 10.8. The van der Waals surface area contributed by atoms with E-state index in [1.165, 1.54) is 0 Å². The molecule has 0 aromatic carbocycles. The molecule has 0 aromatic rings. The Morgan fingerprint density at radius 2 is 2.30 bits per heavy atom. The molecule has 0 rings (SSSR count). The van der Waals surface area contributed by atoms with Crippen LogP contribution in [0.15, 0.2) is 12.2 Å². The van der Waals surface area contributed by atoms with Crippen molar-refractivity contribution in [2.24, 2.45) is 0 Å². The van der Waals surface area contributed by atoms with Crippen LogP contribution in [0.4, 0.5) is 0 Å². The van der Waals surface area contributed by atoms with Gasteiger partial charge < -0.3 is 4.55 Å². The number of nitriles is 1. The molecule has 0 aliphatic heterocycles. The molecule has 0 amide bonds. The van der Waals surface area contributed by atoms with E-state index in [4.69, 9.17) is 9.81 Å². The summed E-state index contributed by atoms with van der Waals surface area (Å²) in [6.45, 7) is 3.34. The van der Waals surface area contributed by atoms with Gasteiger partial charge in [-0.25, -0.2) is 4.21 Å². The third-order valence-electron chi connectivity index (χ3n) is 0.737. The zero-order chi connectivity index (χ0) is 7.28. The second kappa shape index (κ2) is 7.45. The minimum atomic E-state index is -1.80. The summed E-state index contributed by atoms with van der Waals surface area (Å²) in [6.07, 6.45) is 0.305. The number of allylic oxidation sites excluding steroid dienone is 1. The first-order chi connectivity index (χ1) is 4.16. The molecule has 1 atom stereocenters. The first kappa shape index (κ1) is 13.0. The second-order valence-corrected chi connectivity index (χ2v) is 2.54. The van der Waals surface area contributed by atoms with Crippen LogP contribution in [-0.4, -0.2) is 44.1 Å². The number of hydrogen-bond donors (Lipinski definition) is 1. The summed E-state index contributed by atoms with van der Waals surface area (Å²) in [6, 6.07) is 1.78. The van der Waals surface area contributed by atoms with Crippen LogP contribution < -0.4 is 0 Å². The average Bonchev–Trinajstić information content (AvgIpc) is 1.83. The Balaban J connectivity index is 0. The number of hydrogen-bond acceptors (Lipinski definition) is 2. The summed E-state index contributed by atoms with van der Waals surface area (Å²) < 4.78 is 18.2. The van der Waals surface area contributed by atoms with Crippen molar-refractivity contribution in [1.82, 2.24) is 0 Å². The fourth-order valence-electron chi connectivity index (χ4n) is 0.266. The first-order valence-electron chi connectivity index (χ1n) is 2.32. The van der Waals surface area contributed by atoms with Crippen LogP contribution in [0.2, 0.25) is 0 Å². The van der Waals surface area contributed by atoms with Crippen molar-refractivity contribution in [2.45, 2.75) is 6.42 Å². The van der Waals surface area contributed by atoms with E-state index in [1.54, 1.807) is 6.07 Å². The predicted octanol–water partition coefficient (Wildman–Crippen LogP) is 0.0295. The summed E-state index contributed by atoms with van der Waals surface area (Å²) in [7, 11) is 0. The van der Waals surface area contributed by atoms with Crippen LogP contribution >= 0.6 is 0 Å². The van der Waals surface area contributed by atoms with Crippen molar-refractivity contribution in [2.75, 3.05) is 5.75 Å². The third-order valence-corrected chi connectivity index (χ3v) is 1.29. The summed E-state index contributed by atoms with van der Waals surface area (Å²) >= 11 is -1.80. The van der Waals surface area contributed by atoms with Gasteiger partial charge in [0.15, 0.2) is 11.1 Å². The Morgan fingerprint density at radius 3 is 2.60 bits per heavy atom. The van der Waals surface area contributed by atoms with Crippen molar-refractivity contribution in [3.8, 4) is 6.07 Å². The Morgan fingerprint density at radius 1 is 1.80 bits per heavy atom. The molecule has 0 saturated carbocycles. The molecule has 0 aromatic heterocycles. The van der Waals surface area contributed by atoms with Crippen LogP contribution in [0, 0.1) is 11.3 Å². The van der Waals surface area contributed by atoms with Gasteiger partial charge >= 0.3 is 29.6 Å². The molecule has 0 bridgehead atoms. The first-order valence-corrected chi connectivity index (χ1v) is 3.59. The van der Waals surface area contributed by atoms with E-state index >= 15 is 0 Å². The van der Waals surface area contributed by atoms with Crippen molar-refractivity contribution in [3.05, 3.63) is 12.2 Å². The van der Waals surface area contributed by atoms with Crippen LogP contribution in [-0.2, 0) is 11.1 Å². The minimum absolute atomic E-state index is 0. The van der Waals surface area contributed by atoms with Crippen molar-refractivity contribution in [3.63, 3.8) is 0 Å². The van der Waals surface area contributed by atoms with Gasteiger partial charge in [-0.15, -0.1) is 0 Å². The van der Waals surface area contributed by atoms with Gasteiger partial charge in [0.1, 0.15) is 0 Å². The Hall–Kier alpha value is 0.340. The van der Waals surface area contributed by atoms with E-state index in [-0.39, 0.29) is 35.3 Å². The molecule has 10 heavy (non-hydrogen) atoms. The zero-order valence-corrected chi connectivity index (χ0v) is 5.65. The Bertz CT molecular complexity index is 175. The van der Waals surface area contributed by atoms with Crippen LogP contribution in [0.3, 0.4) is 0 Å². The molecular formula is C5H8NNaO2S. The van der Waals surface area contributed by atoms with Gasteiger partial charge in [0.25, 0.3) is 0 Å². The van der Waals surface area contributed by atoms with Crippen LogP contribution in [0.25, 0.3) is 0 Å². The molecule has 0 heterocycles. The fourth-order valence-corrected chi connectivity index (χ4v) is 0.687. The zero-order valence-electron chi connectivity index (χ0n) is 4.83. The second-order valence-electron chi connectivity index (χ2n) is 1.49. The molecule has 3 nitrogen and oxygen atoms in total. The van der Waals surface area contributed by atoms with Gasteiger partial charge in [-0.1, -0.05) is 6.58 Å². The third kappa shape index (κ3) is 8.34. The van der Waals surface area contributed by atoms with Gasteiger partial charge in [0.05, 0.1) is 11.8 Å². The fraction of sp³-hybridized carbons (Fsp3) is 0.400. The van der Waals surface area contributed by atoms with Gasteiger partial charge in [-0.2, -0.15) is 5.26 Å². The molecule has 1 unspecified atom stereocenters. The van der Waals surface area contributed by atoms with E-state index in [2.05, 4.69) is 6.58 Å². The maximum atomic E-state index is 9.98. The SMILES string of the molecule is C=C(C#N)CCS(=O)O.[NaH]. The molecule has 0 aliphatic rings. The number of nitrogens with zero attached hydrogens (tertiary/aromatic N) is 1. The standard InChI is InChI=1S/C5H7NO2S.Na.H/c1-5(4-6)2-3-9(7)8;;/h1-3H2,(H,7,8);;. The van der Waals surface area contributed by atoms with E-state index in [0.717, 1.165) is 0 Å². The van der Waals surface area contributed by atoms with Crippen molar-refractivity contribution >= 4 is 40.6 Å². The summed E-state index contributed by atoms with van der Waals surface area (Å²) in [4.78, 5) is 0. The van der Waals surface area contributed by atoms with Crippen molar-refractivity contribution in [1.29, 1.82) is 5.26 Å². The van der Waals surface area contributed by atoms with Crippen LogP contribution in [0.1, 0.15) is 6.42 Å². The molecule has 0 radical (unpaired) electrons. The molecule has 5 heteroatoms. The quantitative estimate of drug-likeness (QED) is 0.368. The van der Waals surface area contributed by atoms with Gasteiger partial charge in [-0.05, 0) is 6.42 Å². The van der Waals surface area contributed by atoms with E-state index < -0.39 is 11.1 Å². The molecule has 0 fully saturated rings. The number of rotatable bonds is 3. The van der Waals surface area contributed by atoms with Crippen molar-refractivity contribution < 1.29 is 8.76 Å². The van der Waals surface area contributed by atoms with Gasteiger partial charge in [0, 0.05) is 5.57 Å². The monoisotopic (exact) mass is 169 g/mol. The molecule has 0 spiro atoms. The average molecular weight is 169 g/mol.